The van der Waals surface area contributed by atoms with Crippen molar-refractivity contribution in [2.75, 3.05) is 5.32 Å². The molecular formula is C16H26N2O. The van der Waals surface area contributed by atoms with Crippen molar-refractivity contribution in [2.24, 2.45) is 5.92 Å². The number of para-hydroxylation sites is 1. The van der Waals surface area contributed by atoms with Gasteiger partial charge in [0, 0.05) is 17.8 Å². The smallest absolute Gasteiger partial charge is 0.253 e. The zero-order valence-corrected chi connectivity index (χ0v) is 12.7. The third-order valence-electron chi connectivity index (χ3n) is 3.18. The Kier molecular flexibility index (Phi) is 5.87. The van der Waals surface area contributed by atoms with Crippen molar-refractivity contribution >= 4 is 11.6 Å². The van der Waals surface area contributed by atoms with Gasteiger partial charge in [0.15, 0.2) is 0 Å². The van der Waals surface area contributed by atoms with Gasteiger partial charge in [-0.25, -0.2) is 0 Å². The summed E-state index contributed by atoms with van der Waals surface area (Å²) in [6.07, 6.45) is 0.948. The Morgan fingerprint density at radius 3 is 2.32 bits per heavy atom. The molecule has 19 heavy (non-hydrogen) atoms. The van der Waals surface area contributed by atoms with Gasteiger partial charge >= 0.3 is 0 Å². The molecule has 3 nitrogen and oxygen atoms in total. The average molecular weight is 262 g/mol. The van der Waals surface area contributed by atoms with E-state index in [4.69, 9.17) is 0 Å². The Morgan fingerprint density at radius 2 is 1.79 bits per heavy atom. The van der Waals surface area contributed by atoms with Gasteiger partial charge in [-0.05, 0) is 38.3 Å². The SMILES string of the molecule is CCC(NC(=O)c1ccccc1NC(C)C)C(C)C. The summed E-state index contributed by atoms with van der Waals surface area (Å²) in [7, 11) is 0. The van der Waals surface area contributed by atoms with Gasteiger partial charge in [0.2, 0.25) is 0 Å². The standard InChI is InChI=1S/C16H26N2O/c1-6-14(11(2)3)18-16(19)13-9-7-8-10-15(13)17-12(4)5/h7-12,14,17H,6H2,1-5H3,(H,18,19). The molecule has 2 N–H and O–H groups in total. The highest BCUT2D eigenvalue weighted by atomic mass is 16.1. The van der Waals surface area contributed by atoms with Crippen LogP contribution in [0.25, 0.3) is 0 Å². The summed E-state index contributed by atoms with van der Waals surface area (Å²) < 4.78 is 0. The van der Waals surface area contributed by atoms with Crippen LogP contribution in [0.15, 0.2) is 24.3 Å². The van der Waals surface area contributed by atoms with E-state index in [2.05, 4.69) is 45.3 Å². The van der Waals surface area contributed by atoms with Crippen LogP contribution in [0, 0.1) is 5.92 Å². The molecule has 0 fully saturated rings. The first-order valence-electron chi connectivity index (χ1n) is 7.12. The first kappa shape index (κ1) is 15.5. The summed E-state index contributed by atoms with van der Waals surface area (Å²) in [6.45, 7) is 10.5. The zero-order chi connectivity index (χ0) is 14.4. The molecule has 0 aliphatic carbocycles. The fourth-order valence-electron chi connectivity index (χ4n) is 2.10. The second-order valence-corrected chi connectivity index (χ2v) is 5.58. The van der Waals surface area contributed by atoms with Gasteiger partial charge in [-0.3, -0.25) is 4.79 Å². The number of benzene rings is 1. The van der Waals surface area contributed by atoms with Crippen LogP contribution in [0.4, 0.5) is 5.69 Å². The fraction of sp³-hybridized carbons (Fsp3) is 0.562. The topological polar surface area (TPSA) is 41.1 Å². The van der Waals surface area contributed by atoms with Gasteiger partial charge in [0.1, 0.15) is 0 Å². The van der Waals surface area contributed by atoms with Crippen molar-refractivity contribution in [3.63, 3.8) is 0 Å². The first-order valence-corrected chi connectivity index (χ1v) is 7.12. The van der Waals surface area contributed by atoms with Crippen molar-refractivity contribution in [1.82, 2.24) is 5.32 Å². The molecule has 0 saturated carbocycles. The number of carbonyl (C=O) groups is 1. The van der Waals surface area contributed by atoms with E-state index in [0.717, 1.165) is 17.7 Å². The normalized spacial score (nSPS) is 12.6. The van der Waals surface area contributed by atoms with E-state index in [9.17, 15) is 4.79 Å². The molecule has 1 rings (SSSR count). The third kappa shape index (κ3) is 4.58. The van der Waals surface area contributed by atoms with Crippen molar-refractivity contribution in [3.05, 3.63) is 29.8 Å². The number of nitrogens with one attached hydrogen (secondary N) is 2. The predicted molar refractivity (Wildman–Crippen MR) is 81.6 cm³/mol. The lowest BCUT2D eigenvalue weighted by atomic mass is 10.0. The summed E-state index contributed by atoms with van der Waals surface area (Å²) in [5.41, 5.74) is 1.61. The van der Waals surface area contributed by atoms with Crippen LogP contribution in [0.3, 0.4) is 0 Å². The molecule has 1 amide bonds. The average Bonchev–Trinajstić information content (AvgIpc) is 2.35. The maximum atomic E-state index is 12.4. The highest BCUT2D eigenvalue weighted by Crippen LogP contribution is 2.17. The number of carbonyl (C=O) groups excluding carboxylic acids is 1. The molecule has 0 saturated heterocycles. The van der Waals surface area contributed by atoms with Crippen LogP contribution in [0.2, 0.25) is 0 Å². The minimum atomic E-state index is 0.00398. The van der Waals surface area contributed by atoms with Gasteiger partial charge in [-0.1, -0.05) is 32.9 Å². The lowest BCUT2D eigenvalue weighted by Gasteiger charge is -2.22. The van der Waals surface area contributed by atoms with Gasteiger partial charge in [0.25, 0.3) is 5.91 Å². The molecule has 0 radical (unpaired) electrons. The van der Waals surface area contributed by atoms with Crippen molar-refractivity contribution < 1.29 is 4.79 Å². The van der Waals surface area contributed by atoms with Crippen LogP contribution >= 0.6 is 0 Å². The third-order valence-corrected chi connectivity index (χ3v) is 3.18. The number of amides is 1. The molecule has 0 aliphatic heterocycles. The Balaban J connectivity index is 2.87. The highest BCUT2D eigenvalue weighted by Gasteiger charge is 2.17. The molecule has 0 bridgehead atoms. The van der Waals surface area contributed by atoms with E-state index >= 15 is 0 Å². The number of hydrogen-bond donors (Lipinski definition) is 2. The van der Waals surface area contributed by atoms with Crippen molar-refractivity contribution in [1.29, 1.82) is 0 Å². The molecule has 1 aromatic carbocycles. The summed E-state index contributed by atoms with van der Waals surface area (Å²) in [6, 6.07) is 8.19. The second-order valence-electron chi connectivity index (χ2n) is 5.58. The predicted octanol–water partition coefficient (Wildman–Crippen LogP) is 3.67. The van der Waals surface area contributed by atoms with Gasteiger partial charge in [0.05, 0.1) is 5.56 Å². The maximum Gasteiger partial charge on any atom is 0.253 e. The lowest BCUT2D eigenvalue weighted by molar-refractivity contribution is 0.0925. The number of anilines is 1. The maximum absolute atomic E-state index is 12.4. The van der Waals surface area contributed by atoms with E-state index in [0.29, 0.717) is 12.0 Å². The van der Waals surface area contributed by atoms with E-state index < -0.39 is 0 Å². The van der Waals surface area contributed by atoms with E-state index in [1.807, 2.05) is 24.3 Å². The zero-order valence-electron chi connectivity index (χ0n) is 12.7. The van der Waals surface area contributed by atoms with E-state index in [1.165, 1.54) is 0 Å². The molecule has 1 atom stereocenters. The van der Waals surface area contributed by atoms with E-state index in [-0.39, 0.29) is 11.9 Å². The Morgan fingerprint density at radius 1 is 1.16 bits per heavy atom. The molecule has 0 spiro atoms. The van der Waals surface area contributed by atoms with Crippen LogP contribution < -0.4 is 10.6 Å². The second kappa shape index (κ2) is 7.17. The van der Waals surface area contributed by atoms with Crippen LogP contribution in [0.1, 0.15) is 51.4 Å². The Bertz CT molecular complexity index is 413. The largest absolute Gasteiger partial charge is 0.382 e. The number of rotatable bonds is 6. The summed E-state index contributed by atoms with van der Waals surface area (Å²) in [5, 5.41) is 6.43. The molecule has 106 valence electrons. The van der Waals surface area contributed by atoms with E-state index in [1.54, 1.807) is 0 Å². The minimum Gasteiger partial charge on any atom is -0.382 e. The monoisotopic (exact) mass is 262 g/mol. The van der Waals surface area contributed by atoms with Crippen molar-refractivity contribution in [2.45, 2.75) is 53.1 Å². The van der Waals surface area contributed by atoms with Crippen LogP contribution in [0.5, 0.6) is 0 Å². The summed E-state index contributed by atoms with van der Waals surface area (Å²) in [5.74, 6) is 0.448. The molecule has 0 aliphatic rings. The van der Waals surface area contributed by atoms with Crippen LogP contribution in [-0.2, 0) is 0 Å². The Hall–Kier alpha value is -1.51. The molecule has 0 heterocycles. The number of hydrogen-bond acceptors (Lipinski definition) is 2. The molecule has 0 aromatic heterocycles. The first-order chi connectivity index (χ1) is 8.95. The fourth-order valence-corrected chi connectivity index (χ4v) is 2.10. The van der Waals surface area contributed by atoms with Crippen molar-refractivity contribution in [3.8, 4) is 0 Å². The van der Waals surface area contributed by atoms with Crippen LogP contribution in [-0.4, -0.2) is 18.0 Å². The van der Waals surface area contributed by atoms with Gasteiger partial charge < -0.3 is 10.6 Å². The quantitative estimate of drug-likeness (QED) is 0.821. The minimum absolute atomic E-state index is 0.00398. The van der Waals surface area contributed by atoms with Gasteiger partial charge in [-0.2, -0.15) is 0 Å². The lowest BCUT2D eigenvalue weighted by Crippen LogP contribution is -2.38. The highest BCUT2D eigenvalue weighted by molar-refractivity contribution is 5.99. The molecule has 1 unspecified atom stereocenters. The molecule has 1 aromatic rings. The Labute approximate surface area is 116 Å². The van der Waals surface area contributed by atoms with Gasteiger partial charge in [-0.15, -0.1) is 0 Å². The molecule has 3 heteroatoms. The molecular weight excluding hydrogens is 236 g/mol. The summed E-state index contributed by atoms with van der Waals surface area (Å²) in [4.78, 5) is 12.4. The summed E-state index contributed by atoms with van der Waals surface area (Å²) >= 11 is 0.